The van der Waals surface area contributed by atoms with Gasteiger partial charge in [0, 0.05) is 28.2 Å². The molecule has 3 rings (SSSR count). The summed E-state index contributed by atoms with van der Waals surface area (Å²) in [6.45, 7) is 9.10. The van der Waals surface area contributed by atoms with Gasteiger partial charge in [-0.3, -0.25) is 9.52 Å². The zero-order valence-corrected chi connectivity index (χ0v) is 20.5. The van der Waals surface area contributed by atoms with E-state index in [1.54, 1.807) is 0 Å². The van der Waals surface area contributed by atoms with Crippen molar-refractivity contribution in [3.8, 4) is 11.3 Å². The van der Waals surface area contributed by atoms with Gasteiger partial charge in [-0.15, -0.1) is 0 Å². The van der Waals surface area contributed by atoms with Crippen molar-refractivity contribution in [2.24, 2.45) is 11.7 Å². The van der Waals surface area contributed by atoms with Crippen LogP contribution in [-0.4, -0.2) is 16.0 Å². The molecule has 0 bridgehead atoms. The number of carbonyl (C=O) groups is 1. The third-order valence-corrected chi connectivity index (χ3v) is 7.86. The summed E-state index contributed by atoms with van der Waals surface area (Å²) in [6.07, 6.45) is 6.27. The number of hydrogen-bond donors (Lipinski definition) is 2. The summed E-state index contributed by atoms with van der Waals surface area (Å²) in [5.41, 5.74) is 8.77. The molecule has 1 fully saturated rings. The number of rotatable bonds is 6. The van der Waals surface area contributed by atoms with Gasteiger partial charge >= 0.3 is 0 Å². The molecule has 1 aliphatic rings. The lowest BCUT2D eigenvalue weighted by Crippen LogP contribution is -2.29. The molecule has 1 heterocycles. The van der Waals surface area contributed by atoms with Gasteiger partial charge in [0.25, 0.3) is 5.91 Å². The molecule has 0 saturated heterocycles. The maximum atomic E-state index is 12.0. The van der Waals surface area contributed by atoms with Crippen molar-refractivity contribution in [2.75, 3.05) is 0 Å². The SMILES string of the molecule is Cc1c(C(N)=O)cc(-c2ccc(SNC(C)(C)C)c(Cl)c2Cl)n1CC1CCCCC1. The van der Waals surface area contributed by atoms with E-state index in [9.17, 15) is 4.79 Å². The summed E-state index contributed by atoms with van der Waals surface area (Å²) in [5, 5.41) is 1.01. The van der Waals surface area contributed by atoms with Crippen molar-refractivity contribution in [2.45, 2.75) is 76.8 Å². The summed E-state index contributed by atoms with van der Waals surface area (Å²) in [4.78, 5) is 12.9. The van der Waals surface area contributed by atoms with E-state index in [0.717, 1.165) is 28.4 Å². The number of nitrogens with one attached hydrogen (secondary N) is 1. The van der Waals surface area contributed by atoms with Gasteiger partial charge in [-0.2, -0.15) is 0 Å². The van der Waals surface area contributed by atoms with Crippen LogP contribution >= 0.6 is 35.1 Å². The highest BCUT2D eigenvalue weighted by atomic mass is 35.5. The van der Waals surface area contributed by atoms with Crippen molar-refractivity contribution in [3.63, 3.8) is 0 Å². The molecule has 0 atom stereocenters. The van der Waals surface area contributed by atoms with Gasteiger partial charge in [-0.1, -0.05) is 48.5 Å². The van der Waals surface area contributed by atoms with E-state index in [2.05, 4.69) is 30.1 Å². The maximum absolute atomic E-state index is 12.0. The van der Waals surface area contributed by atoms with Crippen molar-refractivity contribution >= 4 is 41.1 Å². The van der Waals surface area contributed by atoms with Crippen molar-refractivity contribution in [1.29, 1.82) is 0 Å². The fourth-order valence-electron chi connectivity index (χ4n) is 4.00. The largest absolute Gasteiger partial charge is 0.366 e. The van der Waals surface area contributed by atoms with Gasteiger partial charge in [0.2, 0.25) is 0 Å². The van der Waals surface area contributed by atoms with Gasteiger partial charge in [-0.25, -0.2) is 0 Å². The molecule has 1 aromatic heterocycles. The van der Waals surface area contributed by atoms with Gasteiger partial charge in [0.1, 0.15) is 0 Å². The van der Waals surface area contributed by atoms with Crippen LogP contribution in [0.5, 0.6) is 0 Å². The number of amides is 1. The molecule has 1 saturated carbocycles. The Labute approximate surface area is 194 Å². The molecular formula is C23H31Cl2N3OS. The first kappa shape index (κ1) is 23.5. The van der Waals surface area contributed by atoms with Crippen LogP contribution in [0.4, 0.5) is 0 Å². The molecule has 2 aromatic rings. The minimum Gasteiger partial charge on any atom is -0.366 e. The summed E-state index contributed by atoms with van der Waals surface area (Å²) in [5.74, 6) is 0.185. The highest BCUT2D eigenvalue weighted by molar-refractivity contribution is 7.97. The highest BCUT2D eigenvalue weighted by Gasteiger charge is 2.23. The third-order valence-electron chi connectivity index (χ3n) is 5.59. The molecule has 7 heteroatoms. The first-order valence-corrected chi connectivity index (χ1v) is 12.1. The topological polar surface area (TPSA) is 60.1 Å². The highest BCUT2D eigenvalue weighted by Crippen LogP contribution is 2.41. The average molecular weight is 468 g/mol. The molecule has 0 aliphatic heterocycles. The normalized spacial score (nSPS) is 15.5. The Kier molecular flexibility index (Phi) is 7.49. The van der Waals surface area contributed by atoms with E-state index in [1.807, 2.05) is 25.1 Å². The predicted molar refractivity (Wildman–Crippen MR) is 128 cm³/mol. The predicted octanol–water partition coefficient (Wildman–Crippen LogP) is 6.84. The number of nitrogens with zero attached hydrogens (tertiary/aromatic N) is 1. The summed E-state index contributed by atoms with van der Waals surface area (Å²) in [6, 6.07) is 5.82. The maximum Gasteiger partial charge on any atom is 0.250 e. The molecule has 1 aliphatic carbocycles. The Morgan fingerprint density at radius 3 is 2.47 bits per heavy atom. The van der Waals surface area contributed by atoms with E-state index in [1.165, 1.54) is 44.1 Å². The van der Waals surface area contributed by atoms with E-state index in [-0.39, 0.29) is 5.54 Å². The van der Waals surface area contributed by atoms with E-state index >= 15 is 0 Å². The quantitative estimate of drug-likeness (QED) is 0.456. The van der Waals surface area contributed by atoms with Crippen LogP contribution in [0, 0.1) is 12.8 Å². The van der Waals surface area contributed by atoms with Crippen molar-refractivity contribution in [1.82, 2.24) is 9.29 Å². The van der Waals surface area contributed by atoms with E-state index in [0.29, 0.717) is 21.5 Å². The first-order valence-electron chi connectivity index (χ1n) is 10.5. The molecule has 1 amide bonds. The van der Waals surface area contributed by atoms with Crippen molar-refractivity contribution in [3.05, 3.63) is 39.5 Å². The molecule has 3 N–H and O–H groups in total. The van der Waals surface area contributed by atoms with Gasteiger partial charge in [0.15, 0.2) is 0 Å². The summed E-state index contributed by atoms with van der Waals surface area (Å²) < 4.78 is 5.57. The Balaban J connectivity index is 2.00. The number of benzene rings is 1. The molecule has 30 heavy (non-hydrogen) atoms. The Morgan fingerprint density at radius 1 is 1.20 bits per heavy atom. The van der Waals surface area contributed by atoms with Crippen LogP contribution in [0.1, 0.15) is 68.9 Å². The number of nitrogens with two attached hydrogens (primary N) is 1. The van der Waals surface area contributed by atoms with Crippen LogP contribution in [0.3, 0.4) is 0 Å². The van der Waals surface area contributed by atoms with E-state index < -0.39 is 5.91 Å². The van der Waals surface area contributed by atoms with Crippen LogP contribution < -0.4 is 10.5 Å². The molecule has 4 nitrogen and oxygen atoms in total. The minimum atomic E-state index is -0.417. The number of primary amides is 1. The Hall–Kier alpha value is -1.14. The lowest BCUT2D eigenvalue weighted by molar-refractivity contribution is 0.0999. The number of aromatic nitrogens is 1. The van der Waals surface area contributed by atoms with Crippen molar-refractivity contribution < 1.29 is 4.79 Å². The van der Waals surface area contributed by atoms with Crippen LogP contribution in [0.2, 0.25) is 10.0 Å². The van der Waals surface area contributed by atoms with Gasteiger partial charge in [0.05, 0.1) is 21.3 Å². The molecule has 1 aromatic carbocycles. The lowest BCUT2D eigenvalue weighted by Gasteiger charge is -2.25. The fraction of sp³-hybridized carbons (Fsp3) is 0.522. The molecule has 0 spiro atoms. The number of hydrogen-bond acceptors (Lipinski definition) is 3. The van der Waals surface area contributed by atoms with Crippen LogP contribution in [0.15, 0.2) is 23.1 Å². The Morgan fingerprint density at radius 2 is 1.87 bits per heavy atom. The minimum absolute atomic E-state index is 0.0542. The monoisotopic (exact) mass is 467 g/mol. The molecule has 0 unspecified atom stereocenters. The zero-order valence-electron chi connectivity index (χ0n) is 18.1. The van der Waals surface area contributed by atoms with Gasteiger partial charge in [-0.05, 0) is 70.5 Å². The molecular weight excluding hydrogens is 437 g/mol. The number of carbonyl (C=O) groups excluding carboxylic acids is 1. The van der Waals surface area contributed by atoms with Crippen LogP contribution in [-0.2, 0) is 6.54 Å². The second kappa shape index (κ2) is 9.56. The number of halogens is 2. The zero-order chi connectivity index (χ0) is 22.1. The second-order valence-corrected chi connectivity index (χ2v) is 10.8. The fourth-order valence-corrected chi connectivity index (χ4v) is 5.34. The summed E-state index contributed by atoms with van der Waals surface area (Å²) >= 11 is 14.8. The molecule has 0 radical (unpaired) electrons. The first-order chi connectivity index (χ1) is 14.1. The second-order valence-electron chi connectivity index (χ2n) is 9.20. The lowest BCUT2D eigenvalue weighted by atomic mass is 9.89. The molecule has 164 valence electrons. The van der Waals surface area contributed by atoms with E-state index in [4.69, 9.17) is 28.9 Å². The summed E-state index contributed by atoms with van der Waals surface area (Å²) in [7, 11) is 0. The standard InChI is InChI=1S/C23H31Cl2N3OS/c1-14-17(22(26)29)12-18(28(14)13-15-8-6-5-7-9-15)16-10-11-19(21(25)20(16)24)30-27-23(2,3)4/h10-12,15,27H,5-9,13H2,1-4H3,(H2,26,29). The van der Waals surface area contributed by atoms with Crippen LogP contribution in [0.25, 0.3) is 11.3 Å². The smallest absolute Gasteiger partial charge is 0.250 e. The average Bonchev–Trinajstić information content (AvgIpc) is 3.00. The van der Waals surface area contributed by atoms with Gasteiger partial charge < -0.3 is 10.3 Å². The Bertz CT molecular complexity index is 928. The third kappa shape index (κ3) is 5.37.